The zero-order valence-corrected chi connectivity index (χ0v) is 13.2. The molecule has 6 nitrogen and oxygen atoms in total. The van der Waals surface area contributed by atoms with Gasteiger partial charge < -0.3 is 9.42 Å². The number of carbonyl (C=O) groups excluding carboxylic acids is 1. The summed E-state index contributed by atoms with van der Waals surface area (Å²) < 4.78 is 5.24. The first-order valence-electron chi connectivity index (χ1n) is 7.58. The smallest absolute Gasteiger partial charge is 0.255 e. The Hall–Kier alpha value is -2.24. The molecule has 1 aliphatic heterocycles. The average molecular weight is 300 g/mol. The van der Waals surface area contributed by atoms with Crippen LogP contribution in [0.1, 0.15) is 52.2 Å². The number of amides is 1. The van der Waals surface area contributed by atoms with Gasteiger partial charge in [-0.1, -0.05) is 5.16 Å². The van der Waals surface area contributed by atoms with Crippen molar-refractivity contribution in [2.45, 2.75) is 39.5 Å². The molecule has 3 heterocycles. The molecule has 3 rings (SSSR count). The van der Waals surface area contributed by atoms with Crippen molar-refractivity contribution in [3.05, 3.63) is 40.8 Å². The van der Waals surface area contributed by atoms with E-state index < -0.39 is 0 Å². The summed E-state index contributed by atoms with van der Waals surface area (Å²) in [5.41, 5.74) is 2.41. The molecule has 116 valence electrons. The van der Waals surface area contributed by atoms with Gasteiger partial charge in [-0.3, -0.25) is 9.78 Å². The van der Waals surface area contributed by atoms with Crippen LogP contribution in [0.25, 0.3) is 0 Å². The number of piperidine rings is 1. The van der Waals surface area contributed by atoms with E-state index in [9.17, 15) is 4.79 Å². The summed E-state index contributed by atoms with van der Waals surface area (Å²) >= 11 is 0. The van der Waals surface area contributed by atoms with Gasteiger partial charge in [0.1, 0.15) is 0 Å². The molecule has 0 N–H and O–H groups in total. The largest absolute Gasteiger partial charge is 0.339 e. The lowest BCUT2D eigenvalue weighted by molar-refractivity contribution is 0.0703. The van der Waals surface area contributed by atoms with Crippen LogP contribution < -0.4 is 0 Å². The minimum atomic E-state index is 0.0603. The maximum absolute atomic E-state index is 12.6. The van der Waals surface area contributed by atoms with Crippen LogP contribution >= 0.6 is 0 Å². The Morgan fingerprint density at radius 3 is 2.50 bits per heavy atom. The van der Waals surface area contributed by atoms with E-state index in [2.05, 4.69) is 15.1 Å². The normalized spacial score (nSPS) is 16.0. The number of nitrogens with zero attached hydrogens (tertiary/aromatic N) is 4. The minimum Gasteiger partial charge on any atom is -0.339 e. The Bertz CT molecular complexity index is 687. The first kappa shape index (κ1) is 14.7. The van der Waals surface area contributed by atoms with Gasteiger partial charge in [0.05, 0.1) is 11.3 Å². The molecule has 2 aromatic rings. The Morgan fingerprint density at radius 2 is 1.91 bits per heavy atom. The van der Waals surface area contributed by atoms with Crippen molar-refractivity contribution in [1.29, 1.82) is 0 Å². The molecular weight excluding hydrogens is 280 g/mol. The van der Waals surface area contributed by atoms with Crippen LogP contribution in [0.5, 0.6) is 0 Å². The summed E-state index contributed by atoms with van der Waals surface area (Å²) in [5.74, 6) is 1.67. The molecular formula is C16H20N4O2. The first-order valence-corrected chi connectivity index (χ1v) is 7.58. The lowest BCUT2D eigenvalue weighted by atomic mass is 9.96. The zero-order chi connectivity index (χ0) is 15.7. The van der Waals surface area contributed by atoms with Crippen molar-refractivity contribution in [2.75, 3.05) is 13.1 Å². The van der Waals surface area contributed by atoms with E-state index in [4.69, 9.17) is 4.52 Å². The van der Waals surface area contributed by atoms with Gasteiger partial charge in [-0.2, -0.15) is 4.98 Å². The second-order valence-corrected chi connectivity index (χ2v) is 5.83. The molecule has 0 radical (unpaired) electrons. The summed E-state index contributed by atoms with van der Waals surface area (Å²) in [7, 11) is 0. The molecule has 22 heavy (non-hydrogen) atoms. The molecule has 0 atom stereocenters. The van der Waals surface area contributed by atoms with Crippen molar-refractivity contribution in [1.82, 2.24) is 20.0 Å². The molecule has 0 unspecified atom stereocenters. The summed E-state index contributed by atoms with van der Waals surface area (Å²) in [6.45, 7) is 7.04. The summed E-state index contributed by atoms with van der Waals surface area (Å²) in [6.07, 6.45) is 1.71. The third-order valence-electron chi connectivity index (χ3n) is 4.13. The van der Waals surface area contributed by atoms with E-state index in [1.165, 1.54) is 0 Å². The van der Waals surface area contributed by atoms with Crippen LogP contribution in [0, 0.1) is 20.8 Å². The molecule has 0 spiro atoms. The molecule has 6 heteroatoms. The van der Waals surface area contributed by atoms with Crippen LogP contribution in [0.4, 0.5) is 0 Å². The van der Waals surface area contributed by atoms with Crippen LogP contribution in [-0.4, -0.2) is 39.0 Å². The third-order valence-corrected chi connectivity index (χ3v) is 4.13. The summed E-state index contributed by atoms with van der Waals surface area (Å²) in [5, 5.41) is 3.84. The highest BCUT2D eigenvalue weighted by molar-refractivity contribution is 5.95. The van der Waals surface area contributed by atoms with Crippen LogP contribution in [-0.2, 0) is 0 Å². The first-order chi connectivity index (χ1) is 10.5. The highest BCUT2D eigenvalue weighted by Gasteiger charge is 2.28. The number of aryl methyl sites for hydroxylation is 3. The monoisotopic (exact) mass is 300 g/mol. The van der Waals surface area contributed by atoms with Gasteiger partial charge in [-0.25, -0.2) is 0 Å². The van der Waals surface area contributed by atoms with Crippen LogP contribution in [0.2, 0.25) is 0 Å². The standard InChI is InChI=1S/C16H20N4O2/c1-10-4-5-14(11(2)17-10)16(21)20-8-6-13(7-9-20)15-18-12(3)19-22-15/h4-5,13H,6-9H2,1-3H3. The molecule has 1 fully saturated rings. The molecule has 0 aliphatic carbocycles. The second-order valence-electron chi connectivity index (χ2n) is 5.83. The van der Waals surface area contributed by atoms with Crippen molar-refractivity contribution < 1.29 is 9.32 Å². The fraction of sp³-hybridized carbons (Fsp3) is 0.500. The van der Waals surface area contributed by atoms with Gasteiger partial charge >= 0.3 is 0 Å². The minimum absolute atomic E-state index is 0.0603. The number of aromatic nitrogens is 3. The number of hydrogen-bond donors (Lipinski definition) is 0. The summed E-state index contributed by atoms with van der Waals surface area (Å²) in [4.78, 5) is 23.2. The Kier molecular flexibility index (Phi) is 3.92. The average Bonchev–Trinajstić information content (AvgIpc) is 2.93. The van der Waals surface area contributed by atoms with Gasteiger partial charge in [0.15, 0.2) is 5.82 Å². The fourth-order valence-electron chi connectivity index (χ4n) is 2.89. The van der Waals surface area contributed by atoms with E-state index in [0.29, 0.717) is 30.4 Å². The second kappa shape index (κ2) is 5.87. The Balaban J connectivity index is 1.67. The number of pyridine rings is 1. The molecule has 1 aliphatic rings. The van der Waals surface area contributed by atoms with E-state index in [1.807, 2.05) is 37.8 Å². The topological polar surface area (TPSA) is 72.1 Å². The molecule has 1 saturated heterocycles. The molecule has 0 bridgehead atoms. The van der Waals surface area contributed by atoms with Crippen LogP contribution in [0.3, 0.4) is 0 Å². The lowest BCUT2D eigenvalue weighted by Crippen LogP contribution is -2.38. The van der Waals surface area contributed by atoms with E-state index >= 15 is 0 Å². The molecule has 0 saturated carbocycles. The predicted octanol–water partition coefficient (Wildman–Crippen LogP) is 2.41. The quantitative estimate of drug-likeness (QED) is 0.851. The van der Waals surface area contributed by atoms with Crippen molar-refractivity contribution in [3.8, 4) is 0 Å². The number of likely N-dealkylation sites (tertiary alicyclic amines) is 1. The number of carbonyl (C=O) groups is 1. The lowest BCUT2D eigenvalue weighted by Gasteiger charge is -2.30. The van der Waals surface area contributed by atoms with Gasteiger partial charge in [0, 0.05) is 24.7 Å². The Labute approximate surface area is 129 Å². The van der Waals surface area contributed by atoms with Gasteiger partial charge in [-0.05, 0) is 45.7 Å². The number of hydrogen-bond acceptors (Lipinski definition) is 5. The highest BCUT2D eigenvalue weighted by atomic mass is 16.5. The van der Waals surface area contributed by atoms with E-state index in [1.54, 1.807) is 0 Å². The van der Waals surface area contributed by atoms with Gasteiger partial charge in [-0.15, -0.1) is 0 Å². The van der Waals surface area contributed by atoms with Crippen molar-refractivity contribution in [2.24, 2.45) is 0 Å². The highest BCUT2D eigenvalue weighted by Crippen LogP contribution is 2.27. The predicted molar refractivity (Wildman–Crippen MR) is 80.6 cm³/mol. The molecule has 2 aromatic heterocycles. The van der Waals surface area contributed by atoms with E-state index in [0.717, 1.165) is 24.2 Å². The maximum Gasteiger partial charge on any atom is 0.255 e. The zero-order valence-electron chi connectivity index (χ0n) is 13.2. The van der Waals surface area contributed by atoms with E-state index in [-0.39, 0.29) is 11.8 Å². The van der Waals surface area contributed by atoms with Gasteiger partial charge in [0.25, 0.3) is 5.91 Å². The Morgan fingerprint density at radius 1 is 1.18 bits per heavy atom. The van der Waals surface area contributed by atoms with Gasteiger partial charge in [0.2, 0.25) is 5.89 Å². The molecule has 1 amide bonds. The van der Waals surface area contributed by atoms with Crippen molar-refractivity contribution >= 4 is 5.91 Å². The SMILES string of the molecule is Cc1ccc(C(=O)N2CCC(c3nc(C)no3)CC2)c(C)n1. The van der Waals surface area contributed by atoms with Crippen molar-refractivity contribution in [3.63, 3.8) is 0 Å². The fourth-order valence-corrected chi connectivity index (χ4v) is 2.89. The third kappa shape index (κ3) is 2.86. The van der Waals surface area contributed by atoms with Crippen LogP contribution in [0.15, 0.2) is 16.7 Å². The maximum atomic E-state index is 12.6. The number of rotatable bonds is 2. The summed E-state index contributed by atoms with van der Waals surface area (Å²) in [6, 6.07) is 3.75. The molecule has 0 aromatic carbocycles.